The van der Waals surface area contributed by atoms with E-state index >= 15 is 0 Å². The molecule has 0 aromatic heterocycles. The maximum atomic E-state index is 3.67. The first kappa shape index (κ1) is 16.3. The van der Waals surface area contributed by atoms with Crippen LogP contribution in [-0.4, -0.2) is 48.1 Å². The number of hydrogen-bond acceptors (Lipinski definition) is 3. The third kappa shape index (κ3) is 7.01. The van der Waals surface area contributed by atoms with Crippen LogP contribution in [0, 0.1) is 0 Å². The molecule has 0 aromatic carbocycles. The van der Waals surface area contributed by atoms with Gasteiger partial charge in [0.15, 0.2) is 0 Å². The Morgan fingerprint density at radius 1 is 1.33 bits per heavy atom. The average molecular weight is 273 g/mol. The molecule has 0 aromatic rings. The Hall–Kier alpha value is 0.270. The zero-order chi connectivity index (χ0) is 13.2. The summed E-state index contributed by atoms with van der Waals surface area (Å²) < 4.78 is 0. The third-order valence-electron chi connectivity index (χ3n) is 3.84. The smallest absolute Gasteiger partial charge is 0.0172 e. The lowest BCUT2D eigenvalue weighted by Crippen LogP contribution is -2.42. The average Bonchev–Trinajstić information content (AvgIpc) is 2.39. The van der Waals surface area contributed by atoms with Gasteiger partial charge in [-0.3, -0.25) is 0 Å². The molecule has 1 N–H and O–H groups in total. The summed E-state index contributed by atoms with van der Waals surface area (Å²) in [5.74, 6) is 1.32. The first-order chi connectivity index (χ1) is 8.76. The van der Waals surface area contributed by atoms with Crippen LogP contribution in [0.5, 0.6) is 0 Å². The Morgan fingerprint density at radius 2 is 2.17 bits per heavy atom. The molecule has 0 spiro atoms. The number of rotatable bonds is 9. The molecule has 108 valence electrons. The van der Waals surface area contributed by atoms with Crippen molar-refractivity contribution in [1.82, 2.24) is 10.2 Å². The Kier molecular flexibility index (Phi) is 9.16. The summed E-state index contributed by atoms with van der Waals surface area (Å²) >= 11 is 2.16. The molecular weight excluding hydrogens is 240 g/mol. The Labute approximate surface area is 118 Å². The highest BCUT2D eigenvalue weighted by Gasteiger charge is 2.18. The zero-order valence-corrected chi connectivity index (χ0v) is 13.4. The maximum absolute atomic E-state index is 3.67. The Bertz CT molecular complexity index is 199. The van der Waals surface area contributed by atoms with E-state index in [1.54, 1.807) is 0 Å². The van der Waals surface area contributed by atoms with Gasteiger partial charge in [-0.05, 0) is 19.8 Å². The predicted octanol–water partition coefficient (Wildman–Crippen LogP) is 3.37. The fourth-order valence-corrected chi connectivity index (χ4v) is 3.75. The highest BCUT2D eigenvalue weighted by molar-refractivity contribution is 8.00. The monoisotopic (exact) mass is 272 g/mol. The van der Waals surface area contributed by atoms with Crippen LogP contribution in [0.4, 0.5) is 0 Å². The van der Waals surface area contributed by atoms with E-state index in [1.165, 1.54) is 57.5 Å². The van der Waals surface area contributed by atoms with Gasteiger partial charge in [0, 0.05) is 43.2 Å². The third-order valence-corrected chi connectivity index (χ3v) is 5.21. The molecule has 0 saturated carbocycles. The zero-order valence-electron chi connectivity index (χ0n) is 12.6. The van der Waals surface area contributed by atoms with Gasteiger partial charge in [0.2, 0.25) is 0 Å². The summed E-state index contributed by atoms with van der Waals surface area (Å²) in [6, 6.07) is 0.692. The molecule has 0 amide bonds. The molecule has 0 bridgehead atoms. The van der Waals surface area contributed by atoms with Crippen molar-refractivity contribution < 1.29 is 0 Å². The lowest BCUT2D eigenvalue weighted by atomic mass is 10.1. The van der Waals surface area contributed by atoms with Crippen LogP contribution >= 0.6 is 11.8 Å². The second-order valence-corrected chi connectivity index (χ2v) is 6.96. The van der Waals surface area contributed by atoms with Crippen LogP contribution in [0.25, 0.3) is 0 Å². The largest absolute Gasteiger partial charge is 0.313 e. The minimum absolute atomic E-state index is 0.692. The normalized spacial score (nSPS) is 23.2. The van der Waals surface area contributed by atoms with Gasteiger partial charge in [0.05, 0.1) is 0 Å². The van der Waals surface area contributed by atoms with E-state index in [-0.39, 0.29) is 0 Å². The molecule has 2 atom stereocenters. The van der Waals surface area contributed by atoms with Crippen molar-refractivity contribution >= 4 is 11.8 Å². The number of unbranched alkanes of at least 4 members (excludes halogenated alkanes) is 2. The quantitative estimate of drug-likeness (QED) is 0.648. The molecule has 1 saturated heterocycles. The van der Waals surface area contributed by atoms with E-state index in [2.05, 4.69) is 42.7 Å². The number of nitrogens with one attached hydrogen (secondary N) is 1. The molecule has 1 aliphatic rings. The number of nitrogens with zero attached hydrogens (tertiary/aromatic N) is 1. The highest BCUT2D eigenvalue weighted by atomic mass is 32.2. The first-order valence-electron chi connectivity index (χ1n) is 7.83. The summed E-state index contributed by atoms with van der Waals surface area (Å²) in [7, 11) is 0. The molecule has 0 aliphatic carbocycles. The topological polar surface area (TPSA) is 15.3 Å². The van der Waals surface area contributed by atoms with E-state index in [0.29, 0.717) is 6.04 Å². The molecule has 2 unspecified atom stereocenters. The van der Waals surface area contributed by atoms with Gasteiger partial charge < -0.3 is 10.2 Å². The molecule has 1 rings (SSSR count). The van der Waals surface area contributed by atoms with Crippen molar-refractivity contribution in [3.05, 3.63) is 0 Å². The van der Waals surface area contributed by atoms with Crippen LogP contribution in [0.1, 0.15) is 52.9 Å². The van der Waals surface area contributed by atoms with Crippen LogP contribution in [0.2, 0.25) is 0 Å². The lowest BCUT2D eigenvalue weighted by Gasteiger charge is -2.32. The van der Waals surface area contributed by atoms with E-state index in [0.717, 1.165) is 11.8 Å². The Balaban J connectivity index is 2.02. The second-order valence-electron chi connectivity index (χ2n) is 5.55. The van der Waals surface area contributed by atoms with Crippen molar-refractivity contribution in [2.24, 2.45) is 0 Å². The molecular formula is C15H32N2S. The van der Waals surface area contributed by atoms with Gasteiger partial charge in [0.25, 0.3) is 0 Å². The van der Waals surface area contributed by atoms with Crippen molar-refractivity contribution in [2.45, 2.75) is 64.2 Å². The van der Waals surface area contributed by atoms with Gasteiger partial charge >= 0.3 is 0 Å². The van der Waals surface area contributed by atoms with Gasteiger partial charge in [-0.15, -0.1) is 0 Å². The van der Waals surface area contributed by atoms with Gasteiger partial charge in [-0.1, -0.05) is 33.1 Å². The van der Waals surface area contributed by atoms with Crippen molar-refractivity contribution in [1.29, 1.82) is 0 Å². The molecule has 1 heterocycles. The summed E-state index contributed by atoms with van der Waals surface area (Å²) in [5, 5.41) is 4.55. The fraction of sp³-hybridized carbons (Fsp3) is 1.00. The van der Waals surface area contributed by atoms with Gasteiger partial charge in [0.1, 0.15) is 0 Å². The highest BCUT2D eigenvalue weighted by Crippen LogP contribution is 2.20. The predicted molar refractivity (Wildman–Crippen MR) is 84.6 cm³/mol. The van der Waals surface area contributed by atoms with Crippen LogP contribution in [-0.2, 0) is 0 Å². The standard InChI is InChI=1S/C15H32N2S/c1-4-6-7-8-14(3)16-9-10-17-11-12-18-15(5-2)13-17/h14-16H,4-13H2,1-3H3. The van der Waals surface area contributed by atoms with Crippen LogP contribution in [0.3, 0.4) is 0 Å². The minimum atomic E-state index is 0.692. The molecule has 2 nitrogen and oxygen atoms in total. The molecule has 0 radical (unpaired) electrons. The maximum Gasteiger partial charge on any atom is 0.0172 e. The van der Waals surface area contributed by atoms with Crippen molar-refractivity contribution in [3.8, 4) is 0 Å². The van der Waals surface area contributed by atoms with Crippen LogP contribution < -0.4 is 5.32 Å². The molecule has 1 aliphatic heterocycles. The summed E-state index contributed by atoms with van der Waals surface area (Å²) in [5.41, 5.74) is 0. The van der Waals surface area contributed by atoms with Crippen LogP contribution in [0.15, 0.2) is 0 Å². The SMILES string of the molecule is CCCCCC(C)NCCN1CCSC(CC)C1. The van der Waals surface area contributed by atoms with Crippen molar-refractivity contribution in [2.75, 3.05) is 31.9 Å². The number of hydrogen-bond donors (Lipinski definition) is 1. The summed E-state index contributed by atoms with van der Waals surface area (Å²) in [6.45, 7) is 11.9. The summed E-state index contributed by atoms with van der Waals surface area (Å²) in [4.78, 5) is 2.64. The molecule has 1 fully saturated rings. The van der Waals surface area contributed by atoms with E-state index in [4.69, 9.17) is 0 Å². The molecule has 18 heavy (non-hydrogen) atoms. The Morgan fingerprint density at radius 3 is 2.89 bits per heavy atom. The van der Waals surface area contributed by atoms with Gasteiger partial charge in [-0.25, -0.2) is 0 Å². The minimum Gasteiger partial charge on any atom is -0.313 e. The van der Waals surface area contributed by atoms with Crippen molar-refractivity contribution in [3.63, 3.8) is 0 Å². The van der Waals surface area contributed by atoms with E-state index in [1.807, 2.05) is 0 Å². The lowest BCUT2D eigenvalue weighted by molar-refractivity contribution is 0.275. The molecule has 3 heteroatoms. The van der Waals surface area contributed by atoms with Gasteiger partial charge in [-0.2, -0.15) is 11.8 Å². The fourth-order valence-electron chi connectivity index (χ4n) is 2.50. The second kappa shape index (κ2) is 10.1. The summed E-state index contributed by atoms with van der Waals surface area (Å²) in [6.07, 6.45) is 6.75. The number of thioether (sulfide) groups is 1. The first-order valence-corrected chi connectivity index (χ1v) is 8.88. The van der Waals surface area contributed by atoms with E-state index in [9.17, 15) is 0 Å². The van der Waals surface area contributed by atoms with E-state index < -0.39 is 0 Å².